The molecule has 186 valence electrons. The van der Waals surface area contributed by atoms with Gasteiger partial charge in [0.15, 0.2) is 5.65 Å². The summed E-state index contributed by atoms with van der Waals surface area (Å²) < 4.78 is 7.72. The van der Waals surface area contributed by atoms with Gasteiger partial charge in [0.25, 0.3) is 0 Å². The summed E-state index contributed by atoms with van der Waals surface area (Å²) in [5.74, 6) is 0.991. The first-order valence-electron chi connectivity index (χ1n) is 13.1. The summed E-state index contributed by atoms with van der Waals surface area (Å²) in [7, 11) is 0. The number of thioether (sulfide) groups is 1. The molecule has 1 spiro atoms. The Morgan fingerprint density at radius 3 is 2.59 bits per heavy atom. The maximum Gasteiger partial charge on any atom is 0.407 e. The van der Waals surface area contributed by atoms with Gasteiger partial charge in [-0.1, -0.05) is 25.7 Å². The number of fused-ring (bicyclic) bond motifs is 1. The van der Waals surface area contributed by atoms with Crippen LogP contribution < -0.4 is 10.2 Å². The van der Waals surface area contributed by atoms with E-state index in [-0.39, 0.29) is 17.6 Å². The second-order valence-electron chi connectivity index (χ2n) is 11.4. The third kappa shape index (κ3) is 5.02. The van der Waals surface area contributed by atoms with Gasteiger partial charge in [-0.2, -0.15) is 0 Å². The van der Waals surface area contributed by atoms with Crippen LogP contribution in [-0.4, -0.2) is 50.4 Å². The normalized spacial score (nSPS) is 23.5. The molecule has 1 atom stereocenters. The molecule has 8 heteroatoms. The van der Waals surface area contributed by atoms with Gasteiger partial charge < -0.3 is 15.0 Å². The Balaban J connectivity index is 1.26. The van der Waals surface area contributed by atoms with Crippen LogP contribution in [0.25, 0.3) is 5.65 Å². The number of hydrogen-bond acceptors (Lipinski definition) is 6. The SMILES string of the molecule is CC(C)(C)OC(=O)N[C@@H]1CCCC12CCN(c1ncc(SC3CCCCC3)c3nccn13)CC2. The number of alkyl carbamates (subject to hydrolysis) is 1. The van der Waals surface area contributed by atoms with Crippen LogP contribution >= 0.6 is 11.8 Å². The number of nitrogens with one attached hydrogen (secondary N) is 1. The summed E-state index contributed by atoms with van der Waals surface area (Å²) in [5.41, 5.74) is 0.729. The number of piperidine rings is 1. The molecule has 2 aliphatic carbocycles. The van der Waals surface area contributed by atoms with Gasteiger partial charge in [0.2, 0.25) is 5.95 Å². The van der Waals surface area contributed by atoms with Crippen LogP contribution in [0.4, 0.5) is 10.7 Å². The van der Waals surface area contributed by atoms with Crippen LogP contribution in [0, 0.1) is 5.41 Å². The van der Waals surface area contributed by atoms with E-state index in [1.54, 1.807) is 0 Å². The van der Waals surface area contributed by atoms with E-state index in [2.05, 4.69) is 20.8 Å². The van der Waals surface area contributed by atoms with Crippen molar-refractivity contribution in [1.82, 2.24) is 19.7 Å². The molecule has 34 heavy (non-hydrogen) atoms. The molecule has 5 rings (SSSR count). The Morgan fingerprint density at radius 2 is 1.85 bits per heavy atom. The molecule has 0 radical (unpaired) electrons. The minimum absolute atomic E-state index is 0.165. The number of carbonyl (C=O) groups is 1. The molecule has 2 saturated carbocycles. The molecule has 1 amide bonds. The summed E-state index contributed by atoms with van der Waals surface area (Å²) in [4.78, 5) is 25.7. The van der Waals surface area contributed by atoms with Gasteiger partial charge in [-0.05, 0) is 64.7 Å². The molecular weight excluding hydrogens is 446 g/mol. The fraction of sp³-hybridized carbons (Fsp3) is 0.731. The summed E-state index contributed by atoms with van der Waals surface area (Å²) in [6.45, 7) is 7.64. The summed E-state index contributed by atoms with van der Waals surface area (Å²) in [5, 5.41) is 3.90. The first kappa shape index (κ1) is 23.8. The van der Waals surface area contributed by atoms with Gasteiger partial charge in [0.05, 0.1) is 4.90 Å². The maximum absolute atomic E-state index is 12.5. The lowest BCUT2D eigenvalue weighted by Crippen LogP contribution is -2.51. The van der Waals surface area contributed by atoms with Crippen molar-refractivity contribution in [2.24, 2.45) is 5.41 Å². The van der Waals surface area contributed by atoms with Gasteiger partial charge >= 0.3 is 6.09 Å². The second-order valence-corrected chi connectivity index (χ2v) is 12.7. The van der Waals surface area contributed by atoms with E-state index in [0.29, 0.717) is 5.25 Å². The predicted molar refractivity (Wildman–Crippen MR) is 137 cm³/mol. The van der Waals surface area contributed by atoms with Crippen molar-refractivity contribution in [1.29, 1.82) is 0 Å². The van der Waals surface area contributed by atoms with Crippen LogP contribution in [0.2, 0.25) is 0 Å². The molecule has 2 aromatic heterocycles. The highest BCUT2D eigenvalue weighted by Gasteiger charge is 2.46. The van der Waals surface area contributed by atoms with Crippen molar-refractivity contribution >= 4 is 29.5 Å². The molecule has 3 heterocycles. The average molecular weight is 486 g/mol. The number of hydrogen-bond donors (Lipinski definition) is 1. The van der Waals surface area contributed by atoms with E-state index in [4.69, 9.17) is 14.7 Å². The van der Waals surface area contributed by atoms with E-state index in [1.165, 1.54) is 43.4 Å². The van der Waals surface area contributed by atoms with Crippen LogP contribution in [0.3, 0.4) is 0 Å². The Morgan fingerprint density at radius 1 is 1.09 bits per heavy atom. The highest BCUT2D eigenvalue weighted by Crippen LogP contribution is 2.47. The fourth-order valence-electron chi connectivity index (χ4n) is 6.13. The van der Waals surface area contributed by atoms with Crippen molar-refractivity contribution in [2.75, 3.05) is 18.0 Å². The van der Waals surface area contributed by atoms with Crippen LogP contribution in [0.5, 0.6) is 0 Å². The van der Waals surface area contributed by atoms with Crippen molar-refractivity contribution in [3.63, 3.8) is 0 Å². The smallest absolute Gasteiger partial charge is 0.407 e. The molecule has 0 unspecified atom stereocenters. The second kappa shape index (κ2) is 9.59. The average Bonchev–Trinajstić information content (AvgIpc) is 3.43. The lowest BCUT2D eigenvalue weighted by molar-refractivity contribution is 0.0442. The quantitative estimate of drug-likeness (QED) is 0.588. The molecule has 3 aliphatic rings. The molecule has 2 aromatic rings. The summed E-state index contributed by atoms with van der Waals surface area (Å²) in [6, 6.07) is 0.194. The van der Waals surface area contributed by atoms with Crippen LogP contribution in [0.15, 0.2) is 23.5 Å². The van der Waals surface area contributed by atoms with Crippen molar-refractivity contribution in [3.05, 3.63) is 18.6 Å². The van der Waals surface area contributed by atoms with Gasteiger partial charge in [-0.15, -0.1) is 11.8 Å². The molecule has 1 aliphatic heterocycles. The van der Waals surface area contributed by atoms with E-state index >= 15 is 0 Å². The fourth-order valence-corrected chi connectivity index (χ4v) is 7.43. The van der Waals surface area contributed by atoms with E-state index in [1.807, 2.05) is 44.9 Å². The molecule has 1 N–H and O–H groups in total. The molecule has 0 bridgehead atoms. The van der Waals surface area contributed by atoms with Crippen LogP contribution in [0.1, 0.15) is 85.0 Å². The Kier molecular flexibility index (Phi) is 6.70. The van der Waals surface area contributed by atoms with Gasteiger partial charge in [0.1, 0.15) is 5.60 Å². The van der Waals surface area contributed by atoms with E-state index in [0.717, 1.165) is 50.4 Å². The monoisotopic (exact) mass is 485 g/mol. The molecule has 0 aromatic carbocycles. The lowest BCUT2D eigenvalue weighted by atomic mass is 9.74. The van der Waals surface area contributed by atoms with Crippen molar-refractivity contribution in [2.45, 2.75) is 107 Å². The van der Waals surface area contributed by atoms with Crippen molar-refractivity contribution < 1.29 is 9.53 Å². The van der Waals surface area contributed by atoms with Gasteiger partial charge in [0, 0.05) is 43.0 Å². The largest absolute Gasteiger partial charge is 0.444 e. The van der Waals surface area contributed by atoms with Crippen molar-refractivity contribution in [3.8, 4) is 0 Å². The number of anilines is 1. The van der Waals surface area contributed by atoms with Gasteiger partial charge in [-0.25, -0.2) is 14.8 Å². The maximum atomic E-state index is 12.5. The number of rotatable bonds is 4. The summed E-state index contributed by atoms with van der Waals surface area (Å²) >= 11 is 1.96. The third-order valence-corrected chi connectivity index (χ3v) is 9.21. The molecule has 1 saturated heterocycles. The highest BCUT2D eigenvalue weighted by atomic mass is 32.2. The lowest BCUT2D eigenvalue weighted by Gasteiger charge is -2.43. The zero-order chi connectivity index (χ0) is 23.8. The first-order chi connectivity index (χ1) is 16.3. The zero-order valence-corrected chi connectivity index (χ0v) is 21.7. The Labute approximate surface area is 207 Å². The first-order valence-corrected chi connectivity index (χ1v) is 13.9. The minimum Gasteiger partial charge on any atom is -0.444 e. The number of ether oxygens (including phenoxy) is 1. The Hall–Kier alpha value is -1.96. The summed E-state index contributed by atoms with van der Waals surface area (Å²) in [6.07, 6.45) is 17.9. The predicted octanol–water partition coefficient (Wildman–Crippen LogP) is 5.82. The number of carbonyl (C=O) groups excluding carboxylic acids is 1. The Bertz CT molecular complexity index is 1000. The van der Waals surface area contributed by atoms with E-state index in [9.17, 15) is 4.79 Å². The number of nitrogens with zero attached hydrogens (tertiary/aromatic N) is 4. The van der Waals surface area contributed by atoms with Crippen LogP contribution in [-0.2, 0) is 4.74 Å². The number of aromatic nitrogens is 3. The van der Waals surface area contributed by atoms with E-state index < -0.39 is 5.60 Å². The molecule has 7 nitrogen and oxygen atoms in total. The standard InChI is InChI=1S/C26H39N5O2S/c1-25(2,3)33-24(32)29-21-10-7-11-26(21)12-15-30(16-13-26)23-28-18-20(22-27-14-17-31(22)23)34-19-8-5-4-6-9-19/h14,17-19,21H,4-13,15-16H2,1-3H3,(H,29,32)/t21-/m1/s1. The zero-order valence-electron chi connectivity index (χ0n) is 20.9. The number of imidazole rings is 1. The van der Waals surface area contributed by atoms with Gasteiger partial charge in [-0.3, -0.25) is 4.40 Å². The number of amides is 1. The highest BCUT2D eigenvalue weighted by molar-refractivity contribution is 8.00. The minimum atomic E-state index is -0.470. The third-order valence-electron chi connectivity index (χ3n) is 7.86. The topological polar surface area (TPSA) is 71.8 Å². The molecule has 3 fully saturated rings. The molecular formula is C26H39N5O2S.